The molecule has 18 heavy (non-hydrogen) atoms. The quantitative estimate of drug-likeness (QED) is 0.799. The van der Waals surface area contributed by atoms with E-state index < -0.39 is 0 Å². The molecule has 3 rings (SSSR count). The average Bonchev–Trinajstić information content (AvgIpc) is 2.39. The highest BCUT2D eigenvalue weighted by Crippen LogP contribution is 2.39. The van der Waals surface area contributed by atoms with E-state index in [-0.39, 0.29) is 0 Å². The van der Waals surface area contributed by atoms with Crippen molar-refractivity contribution in [3.8, 4) is 5.75 Å². The number of hydrogen-bond donors (Lipinski definition) is 0. The van der Waals surface area contributed by atoms with Gasteiger partial charge in [-0.1, -0.05) is 27.5 Å². The van der Waals surface area contributed by atoms with Gasteiger partial charge in [-0.2, -0.15) is 0 Å². The molecule has 0 atom stereocenters. The summed E-state index contributed by atoms with van der Waals surface area (Å²) in [5.74, 6) is 0.740. The summed E-state index contributed by atoms with van der Waals surface area (Å²) < 4.78 is 11.7. The first-order valence-corrected chi connectivity index (χ1v) is 6.80. The van der Waals surface area contributed by atoms with Gasteiger partial charge in [0.1, 0.15) is 11.3 Å². The lowest BCUT2D eigenvalue weighted by Gasteiger charge is -2.19. The Labute approximate surface area is 118 Å². The van der Waals surface area contributed by atoms with Crippen molar-refractivity contribution in [2.75, 3.05) is 13.7 Å². The van der Waals surface area contributed by atoms with Gasteiger partial charge in [0.2, 0.25) is 0 Å². The molecular formula is C13H11BrClNO2. The molecule has 2 heterocycles. The summed E-state index contributed by atoms with van der Waals surface area (Å²) >= 11 is 10.0. The van der Waals surface area contributed by atoms with E-state index in [1.807, 2.05) is 12.1 Å². The van der Waals surface area contributed by atoms with Crippen LogP contribution in [-0.2, 0) is 17.8 Å². The first-order valence-electron chi connectivity index (χ1n) is 5.63. The molecule has 0 saturated heterocycles. The number of nitrogens with zero attached hydrogens (tertiary/aromatic N) is 1. The molecule has 0 saturated carbocycles. The number of fused-ring (bicyclic) bond motifs is 2. The van der Waals surface area contributed by atoms with Crippen LogP contribution in [0.5, 0.6) is 5.75 Å². The lowest BCUT2D eigenvalue weighted by Crippen LogP contribution is -2.13. The summed E-state index contributed by atoms with van der Waals surface area (Å²) in [6.45, 7) is 1.22. The van der Waals surface area contributed by atoms with Crippen LogP contribution in [0.2, 0.25) is 5.02 Å². The largest absolute Gasteiger partial charge is 0.494 e. The van der Waals surface area contributed by atoms with Crippen molar-refractivity contribution in [1.29, 1.82) is 0 Å². The molecule has 2 aromatic rings. The second kappa shape index (κ2) is 4.68. The van der Waals surface area contributed by atoms with E-state index in [0.29, 0.717) is 18.2 Å². The van der Waals surface area contributed by atoms with E-state index >= 15 is 0 Å². The van der Waals surface area contributed by atoms with Crippen molar-refractivity contribution in [2.24, 2.45) is 0 Å². The molecule has 1 aliphatic rings. The highest BCUT2D eigenvalue weighted by atomic mass is 79.9. The van der Waals surface area contributed by atoms with Crippen LogP contribution >= 0.6 is 27.5 Å². The number of hydrogen-bond acceptors (Lipinski definition) is 3. The molecule has 0 spiro atoms. The fourth-order valence-corrected chi connectivity index (χ4v) is 3.20. The predicted octanol–water partition coefficient (Wildman–Crippen LogP) is 3.73. The Hall–Kier alpha value is -0.840. The zero-order valence-corrected chi connectivity index (χ0v) is 12.1. The van der Waals surface area contributed by atoms with Gasteiger partial charge in [-0.25, -0.2) is 4.98 Å². The number of ether oxygens (including phenoxy) is 2. The molecule has 1 aliphatic heterocycles. The molecule has 0 bridgehead atoms. The summed E-state index contributed by atoms with van der Waals surface area (Å²) in [4.78, 5) is 4.69. The van der Waals surface area contributed by atoms with Crippen molar-refractivity contribution in [1.82, 2.24) is 4.98 Å². The molecule has 0 aliphatic carbocycles. The molecule has 1 aromatic carbocycles. The Morgan fingerprint density at radius 3 is 3.06 bits per heavy atom. The Morgan fingerprint density at radius 1 is 1.44 bits per heavy atom. The normalized spacial score (nSPS) is 14.6. The molecule has 0 amide bonds. The number of halogens is 2. The topological polar surface area (TPSA) is 31.4 Å². The maximum absolute atomic E-state index is 6.49. The molecule has 0 radical (unpaired) electrons. The van der Waals surface area contributed by atoms with Crippen LogP contribution in [0.25, 0.3) is 10.9 Å². The van der Waals surface area contributed by atoms with Gasteiger partial charge in [-0.15, -0.1) is 0 Å². The van der Waals surface area contributed by atoms with Gasteiger partial charge in [-0.05, 0) is 12.1 Å². The third-order valence-corrected chi connectivity index (χ3v) is 4.20. The summed E-state index contributed by atoms with van der Waals surface area (Å²) in [5, 5.41) is 1.60. The Kier molecular flexibility index (Phi) is 3.18. The SMILES string of the molecule is COc1ccc(Br)c2c(Cl)c3c(nc12)CCOC3. The molecule has 0 fully saturated rings. The monoisotopic (exact) mass is 327 g/mol. The van der Waals surface area contributed by atoms with Crippen molar-refractivity contribution >= 4 is 38.4 Å². The molecule has 0 unspecified atom stereocenters. The van der Waals surface area contributed by atoms with Crippen LogP contribution in [0.3, 0.4) is 0 Å². The Balaban J connectivity index is 2.41. The summed E-state index contributed by atoms with van der Waals surface area (Å²) in [6.07, 6.45) is 0.792. The number of aromatic nitrogens is 1. The number of benzene rings is 1. The van der Waals surface area contributed by atoms with Crippen molar-refractivity contribution in [3.63, 3.8) is 0 Å². The summed E-state index contributed by atoms with van der Waals surface area (Å²) in [5.41, 5.74) is 2.80. The Morgan fingerprint density at radius 2 is 2.28 bits per heavy atom. The van der Waals surface area contributed by atoms with E-state index in [2.05, 4.69) is 20.9 Å². The Bertz CT molecular complexity index is 630. The molecule has 1 aromatic heterocycles. The minimum atomic E-state index is 0.529. The van der Waals surface area contributed by atoms with Gasteiger partial charge < -0.3 is 9.47 Å². The fraction of sp³-hybridized carbons (Fsp3) is 0.308. The fourth-order valence-electron chi connectivity index (χ4n) is 2.21. The van der Waals surface area contributed by atoms with Crippen LogP contribution in [-0.4, -0.2) is 18.7 Å². The van der Waals surface area contributed by atoms with Crippen LogP contribution in [0.1, 0.15) is 11.3 Å². The first kappa shape index (κ1) is 12.2. The number of methoxy groups -OCH3 is 1. The molecule has 3 nitrogen and oxygen atoms in total. The highest BCUT2D eigenvalue weighted by molar-refractivity contribution is 9.10. The third-order valence-electron chi connectivity index (χ3n) is 3.12. The molecular weight excluding hydrogens is 318 g/mol. The second-order valence-electron chi connectivity index (χ2n) is 4.13. The molecule has 0 N–H and O–H groups in total. The summed E-state index contributed by atoms with van der Waals surface area (Å²) in [7, 11) is 1.64. The maximum atomic E-state index is 6.49. The van der Waals surface area contributed by atoms with Crippen LogP contribution in [0, 0.1) is 0 Å². The van der Waals surface area contributed by atoms with Gasteiger partial charge >= 0.3 is 0 Å². The molecule has 5 heteroatoms. The van der Waals surface area contributed by atoms with Crippen LogP contribution in [0.4, 0.5) is 0 Å². The van der Waals surface area contributed by atoms with E-state index in [4.69, 9.17) is 21.1 Å². The third kappa shape index (κ3) is 1.79. The van der Waals surface area contributed by atoms with E-state index in [1.165, 1.54) is 0 Å². The van der Waals surface area contributed by atoms with Gasteiger partial charge in [0.05, 0.1) is 31.0 Å². The lowest BCUT2D eigenvalue weighted by molar-refractivity contribution is 0.109. The van der Waals surface area contributed by atoms with E-state index in [0.717, 1.165) is 38.8 Å². The van der Waals surface area contributed by atoms with Crippen molar-refractivity contribution in [2.45, 2.75) is 13.0 Å². The van der Waals surface area contributed by atoms with E-state index in [9.17, 15) is 0 Å². The average molecular weight is 329 g/mol. The van der Waals surface area contributed by atoms with Gasteiger partial charge in [0.15, 0.2) is 0 Å². The smallest absolute Gasteiger partial charge is 0.145 e. The minimum Gasteiger partial charge on any atom is -0.494 e. The maximum Gasteiger partial charge on any atom is 0.145 e. The van der Waals surface area contributed by atoms with Crippen LogP contribution in [0.15, 0.2) is 16.6 Å². The van der Waals surface area contributed by atoms with Crippen molar-refractivity contribution in [3.05, 3.63) is 32.9 Å². The zero-order valence-electron chi connectivity index (χ0n) is 9.80. The van der Waals surface area contributed by atoms with Gasteiger partial charge in [0.25, 0.3) is 0 Å². The van der Waals surface area contributed by atoms with E-state index in [1.54, 1.807) is 7.11 Å². The van der Waals surface area contributed by atoms with Gasteiger partial charge in [0, 0.05) is 21.8 Å². The van der Waals surface area contributed by atoms with Crippen molar-refractivity contribution < 1.29 is 9.47 Å². The lowest BCUT2D eigenvalue weighted by atomic mass is 10.1. The standard InChI is InChI=1S/C13H11BrClNO2/c1-17-10-3-2-8(14)11-12(15)7-6-18-5-4-9(7)16-13(10)11/h2-3H,4-6H2,1H3. The van der Waals surface area contributed by atoms with Crippen LogP contribution < -0.4 is 4.74 Å². The number of rotatable bonds is 1. The predicted molar refractivity (Wildman–Crippen MR) is 74.4 cm³/mol. The molecule has 94 valence electrons. The second-order valence-corrected chi connectivity index (χ2v) is 5.36. The minimum absolute atomic E-state index is 0.529. The number of pyridine rings is 1. The zero-order chi connectivity index (χ0) is 12.7. The first-order chi connectivity index (χ1) is 8.72. The van der Waals surface area contributed by atoms with Gasteiger partial charge in [-0.3, -0.25) is 0 Å². The highest BCUT2D eigenvalue weighted by Gasteiger charge is 2.20. The summed E-state index contributed by atoms with van der Waals surface area (Å²) in [6, 6.07) is 3.81.